The van der Waals surface area contributed by atoms with Crippen LogP contribution in [0.4, 0.5) is 5.82 Å². The average molecular weight is 313 g/mol. The molecule has 22 heavy (non-hydrogen) atoms. The second-order valence-electron chi connectivity index (χ2n) is 5.03. The Labute approximate surface area is 136 Å². The molecule has 0 unspecified atom stereocenters. The Bertz CT molecular complexity index is 796. The van der Waals surface area contributed by atoms with E-state index in [1.54, 1.807) is 0 Å². The third kappa shape index (κ3) is 3.43. The Morgan fingerprint density at radius 2 is 1.73 bits per heavy atom. The molecule has 1 heterocycles. The van der Waals surface area contributed by atoms with Crippen molar-refractivity contribution < 1.29 is 21.8 Å². The summed E-state index contributed by atoms with van der Waals surface area (Å²) in [5.74, 6) is 0.741. The summed E-state index contributed by atoms with van der Waals surface area (Å²) in [7, 11) is 0. The van der Waals surface area contributed by atoms with Crippen molar-refractivity contribution in [2.75, 3.05) is 5.32 Å². The summed E-state index contributed by atoms with van der Waals surface area (Å²) < 4.78 is 2.04. The number of nitrogens with zero attached hydrogens (tertiary/aromatic N) is 1. The van der Waals surface area contributed by atoms with E-state index in [1.165, 1.54) is 23.3 Å². The quantitative estimate of drug-likeness (QED) is 0.686. The van der Waals surface area contributed by atoms with E-state index in [9.17, 15) is 4.79 Å². The van der Waals surface area contributed by atoms with Gasteiger partial charge in [0.2, 0.25) is 0 Å². The zero-order valence-electron chi connectivity index (χ0n) is 12.3. The number of pyridine rings is 1. The standard InChI is InChI=1S/C18H16N2O.ClH/c1-14(21)19-18-11-4-5-12-20(18)13-16-9-6-8-15-7-2-3-10-17(15)16;/h2-12H,13H2,1H3;1H. The van der Waals surface area contributed by atoms with Gasteiger partial charge in [0.15, 0.2) is 0 Å². The maximum absolute atomic E-state index is 11.3. The first kappa shape index (κ1) is 16.0. The topological polar surface area (TPSA) is 33.0 Å². The van der Waals surface area contributed by atoms with Crippen LogP contribution in [0, 0.1) is 0 Å². The van der Waals surface area contributed by atoms with E-state index in [0.29, 0.717) is 0 Å². The molecule has 4 heteroatoms. The summed E-state index contributed by atoms with van der Waals surface area (Å²) in [6.07, 6.45) is 1.98. The molecule has 1 aromatic heterocycles. The van der Waals surface area contributed by atoms with Gasteiger partial charge in [0, 0.05) is 18.6 Å². The van der Waals surface area contributed by atoms with Crippen LogP contribution < -0.4 is 22.3 Å². The van der Waals surface area contributed by atoms with E-state index in [1.807, 2.05) is 35.0 Å². The molecular formula is C18H17ClN2O. The van der Waals surface area contributed by atoms with E-state index in [2.05, 4.69) is 41.7 Å². The number of nitrogens with one attached hydrogen (secondary N) is 1. The average Bonchev–Trinajstić information content (AvgIpc) is 2.49. The molecule has 0 radical (unpaired) electrons. The van der Waals surface area contributed by atoms with Gasteiger partial charge in [-0.1, -0.05) is 48.5 Å². The number of halogens is 1. The first-order valence-electron chi connectivity index (χ1n) is 6.97. The molecule has 1 N–H and O–H groups in total. The smallest absolute Gasteiger partial charge is 0.304 e. The molecule has 0 bridgehead atoms. The molecule has 0 aliphatic rings. The lowest BCUT2D eigenvalue weighted by Gasteiger charge is -2.08. The summed E-state index contributed by atoms with van der Waals surface area (Å²) in [6, 6.07) is 20.5. The molecule has 3 rings (SSSR count). The predicted octanol–water partition coefficient (Wildman–Crippen LogP) is 0.138. The number of fused-ring (bicyclic) bond motifs is 1. The zero-order valence-corrected chi connectivity index (χ0v) is 13.0. The SMILES string of the molecule is CC(=O)Nc1cccc[n+]1Cc1cccc2ccccc12.[Cl-]. The van der Waals surface area contributed by atoms with Crippen LogP contribution in [0.1, 0.15) is 12.5 Å². The van der Waals surface area contributed by atoms with Gasteiger partial charge in [0.05, 0.1) is 6.20 Å². The van der Waals surface area contributed by atoms with Crippen molar-refractivity contribution in [2.45, 2.75) is 13.5 Å². The van der Waals surface area contributed by atoms with Gasteiger partial charge < -0.3 is 12.4 Å². The van der Waals surface area contributed by atoms with E-state index < -0.39 is 0 Å². The summed E-state index contributed by atoms with van der Waals surface area (Å²) in [6.45, 7) is 2.24. The molecule has 0 spiro atoms. The fraction of sp³-hybridized carbons (Fsp3) is 0.111. The number of hydrogen-bond donors (Lipinski definition) is 1. The third-order valence-corrected chi connectivity index (χ3v) is 3.47. The Morgan fingerprint density at radius 1 is 1.00 bits per heavy atom. The van der Waals surface area contributed by atoms with Crippen LogP contribution in [0.2, 0.25) is 0 Å². The van der Waals surface area contributed by atoms with Gasteiger partial charge >= 0.3 is 5.91 Å². The molecule has 0 saturated carbocycles. The number of aromatic nitrogens is 1. The number of anilines is 1. The van der Waals surface area contributed by atoms with Crippen molar-refractivity contribution in [3.05, 3.63) is 72.4 Å². The number of hydrogen-bond acceptors (Lipinski definition) is 1. The first-order valence-corrected chi connectivity index (χ1v) is 6.97. The maximum Gasteiger partial charge on any atom is 0.304 e. The molecule has 3 aromatic rings. The minimum absolute atomic E-state index is 0. The molecule has 2 aromatic carbocycles. The second-order valence-corrected chi connectivity index (χ2v) is 5.03. The highest BCUT2D eigenvalue weighted by atomic mass is 35.5. The fourth-order valence-electron chi connectivity index (χ4n) is 2.52. The summed E-state index contributed by atoms with van der Waals surface area (Å²) >= 11 is 0. The van der Waals surface area contributed by atoms with Crippen LogP contribution in [-0.2, 0) is 11.3 Å². The van der Waals surface area contributed by atoms with E-state index >= 15 is 0 Å². The Morgan fingerprint density at radius 3 is 2.55 bits per heavy atom. The lowest BCUT2D eigenvalue weighted by atomic mass is 10.0. The van der Waals surface area contributed by atoms with Crippen molar-refractivity contribution in [1.29, 1.82) is 0 Å². The molecule has 0 saturated heterocycles. The van der Waals surface area contributed by atoms with E-state index in [0.717, 1.165) is 12.4 Å². The first-order chi connectivity index (χ1) is 10.2. The lowest BCUT2D eigenvalue weighted by molar-refractivity contribution is -0.673. The van der Waals surface area contributed by atoms with Crippen LogP contribution in [-0.4, -0.2) is 5.91 Å². The van der Waals surface area contributed by atoms with Gasteiger partial charge in [-0.05, 0) is 16.8 Å². The lowest BCUT2D eigenvalue weighted by Crippen LogP contribution is -3.00. The Kier molecular flexibility index (Phi) is 5.12. The van der Waals surface area contributed by atoms with Crippen molar-refractivity contribution >= 4 is 22.5 Å². The highest BCUT2D eigenvalue weighted by Gasteiger charge is 2.11. The van der Waals surface area contributed by atoms with Crippen molar-refractivity contribution in [3.8, 4) is 0 Å². The van der Waals surface area contributed by atoms with E-state index in [-0.39, 0.29) is 18.3 Å². The van der Waals surface area contributed by atoms with Crippen molar-refractivity contribution in [1.82, 2.24) is 0 Å². The third-order valence-electron chi connectivity index (χ3n) is 3.47. The minimum atomic E-state index is -0.0622. The van der Waals surface area contributed by atoms with Gasteiger partial charge in [-0.25, -0.2) is 14.7 Å². The Hall–Kier alpha value is -2.39. The van der Waals surface area contributed by atoms with Gasteiger partial charge in [-0.3, -0.25) is 0 Å². The number of benzene rings is 2. The highest BCUT2D eigenvalue weighted by Crippen LogP contribution is 2.18. The highest BCUT2D eigenvalue weighted by molar-refractivity contribution is 5.87. The predicted molar refractivity (Wildman–Crippen MR) is 84.0 cm³/mol. The largest absolute Gasteiger partial charge is 1.00 e. The molecule has 0 aliphatic carbocycles. The molecule has 0 aliphatic heterocycles. The molecule has 1 amide bonds. The molecule has 112 valence electrons. The van der Waals surface area contributed by atoms with Crippen LogP contribution in [0.3, 0.4) is 0 Å². The molecule has 3 nitrogen and oxygen atoms in total. The number of carbonyl (C=O) groups excluding carboxylic acids is 1. The van der Waals surface area contributed by atoms with Gasteiger partial charge in [-0.15, -0.1) is 0 Å². The van der Waals surface area contributed by atoms with Crippen molar-refractivity contribution in [2.24, 2.45) is 0 Å². The number of amides is 1. The fourth-order valence-corrected chi connectivity index (χ4v) is 2.52. The number of carbonyl (C=O) groups is 1. The van der Waals surface area contributed by atoms with Gasteiger partial charge in [-0.2, -0.15) is 0 Å². The molecule has 0 atom stereocenters. The van der Waals surface area contributed by atoms with Gasteiger partial charge in [0.25, 0.3) is 5.82 Å². The van der Waals surface area contributed by atoms with Crippen molar-refractivity contribution in [3.63, 3.8) is 0 Å². The van der Waals surface area contributed by atoms with Crippen LogP contribution in [0.5, 0.6) is 0 Å². The van der Waals surface area contributed by atoms with Gasteiger partial charge in [0.1, 0.15) is 6.54 Å². The molecular weight excluding hydrogens is 296 g/mol. The second kappa shape index (κ2) is 7.05. The van der Waals surface area contributed by atoms with E-state index in [4.69, 9.17) is 0 Å². The maximum atomic E-state index is 11.3. The zero-order chi connectivity index (χ0) is 14.7. The van der Waals surface area contributed by atoms with Crippen LogP contribution in [0.15, 0.2) is 66.9 Å². The van der Waals surface area contributed by atoms with Crippen LogP contribution in [0.25, 0.3) is 10.8 Å². The minimum Gasteiger partial charge on any atom is -1.00 e. The molecule has 0 fully saturated rings. The summed E-state index contributed by atoms with van der Waals surface area (Å²) in [5, 5.41) is 5.34. The normalized spacial score (nSPS) is 10.0. The number of rotatable bonds is 3. The Balaban J connectivity index is 0.00000176. The van der Waals surface area contributed by atoms with Crippen LogP contribution >= 0.6 is 0 Å². The summed E-state index contributed by atoms with van der Waals surface area (Å²) in [4.78, 5) is 11.3. The summed E-state index contributed by atoms with van der Waals surface area (Å²) in [5.41, 5.74) is 1.23. The monoisotopic (exact) mass is 312 g/mol.